The lowest BCUT2D eigenvalue weighted by atomic mass is 9.99. The summed E-state index contributed by atoms with van der Waals surface area (Å²) >= 11 is 0. The van der Waals surface area contributed by atoms with Crippen molar-refractivity contribution in [1.29, 1.82) is 0 Å². The smallest absolute Gasteiger partial charge is 0.408 e. The largest absolute Gasteiger partial charge is 0.493 e. The van der Waals surface area contributed by atoms with E-state index in [1.807, 2.05) is 0 Å². The molecule has 8 heteroatoms. The molecule has 0 bridgehead atoms. The van der Waals surface area contributed by atoms with Gasteiger partial charge in [0.15, 0.2) is 18.1 Å². The van der Waals surface area contributed by atoms with Crippen molar-refractivity contribution >= 4 is 18.5 Å². The monoisotopic (exact) mass is 323 g/mol. The number of methoxy groups -OCH3 is 1. The number of alkyl halides is 2. The molecular formula is C13H16ClF2NO4. The summed E-state index contributed by atoms with van der Waals surface area (Å²) in [6.07, 6.45) is -0.866. The van der Waals surface area contributed by atoms with Crippen molar-refractivity contribution in [2.24, 2.45) is 0 Å². The van der Waals surface area contributed by atoms with E-state index >= 15 is 0 Å². The number of halogens is 3. The number of carbonyl (C=O) groups is 1. The van der Waals surface area contributed by atoms with Crippen molar-refractivity contribution < 1.29 is 27.8 Å². The van der Waals surface area contributed by atoms with Gasteiger partial charge in [0.05, 0.1) is 13.7 Å². The highest BCUT2D eigenvalue weighted by Gasteiger charge is 2.47. The fourth-order valence-electron chi connectivity index (χ4n) is 1.98. The van der Waals surface area contributed by atoms with Crippen LogP contribution in [0.2, 0.25) is 0 Å². The zero-order valence-electron chi connectivity index (χ0n) is 11.5. The zero-order valence-corrected chi connectivity index (χ0v) is 12.3. The van der Waals surface area contributed by atoms with Crippen LogP contribution >= 0.6 is 12.4 Å². The first-order chi connectivity index (χ1) is 9.47. The molecule has 1 aromatic carbocycles. The van der Waals surface area contributed by atoms with Gasteiger partial charge >= 0.3 is 12.0 Å². The Morgan fingerprint density at radius 2 is 2.14 bits per heavy atom. The highest BCUT2D eigenvalue weighted by atomic mass is 35.5. The van der Waals surface area contributed by atoms with E-state index in [4.69, 9.17) is 9.47 Å². The number of rotatable bonds is 4. The van der Waals surface area contributed by atoms with Crippen LogP contribution in [0.1, 0.15) is 18.5 Å². The summed E-state index contributed by atoms with van der Waals surface area (Å²) in [5.41, 5.74) is 0.232. The van der Waals surface area contributed by atoms with Crippen molar-refractivity contribution in [3.8, 4) is 11.5 Å². The summed E-state index contributed by atoms with van der Waals surface area (Å²) in [5.74, 6) is -2.40. The molecule has 1 aliphatic heterocycles. The maximum Gasteiger partial charge on any atom is 0.408 e. The minimum Gasteiger partial charge on any atom is -0.493 e. The van der Waals surface area contributed by atoms with Crippen LogP contribution in [0, 0.1) is 0 Å². The molecule has 0 saturated carbocycles. The van der Waals surface area contributed by atoms with Crippen LogP contribution in [-0.2, 0) is 4.74 Å². The van der Waals surface area contributed by atoms with Crippen LogP contribution < -0.4 is 14.8 Å². The SMILES string of the molecule is CCOc1cc([C@H]2NC(=O)OCC2(F)F)ccc1OC.Cl. The molecule has 1 fully saturated rings. The number of amides is 1. The number of benzene rings is 1. The molecule has 1 amide bonds. The summed E-state index contributed by atoms with van der Waals surface area (Å²) in [5, 5.41) is 2.12. The van der Waals surface area contributed by atoms with E-state index in [1.165, 1.54) is 25.3 Å². The molecule has 1 saturated heterocycles. The predicted octanol–water partition coefficient (Wildman–Crippen LogP) is 2.93. The summed E-state index contributed by atoms with van der Waals surface area (Å²) in [7, 11) is 1.46. The highest BCUT2D eigenvalue weighted by molar-refractivity contribution is 5.85. The Hall–Kier alpha value is -1.76. The van der Waals surface area contributed by atoms with E-state index in [1.54, 1.807) is 6.92 Å². The zero-order chi connectivity index (χ0) is 14.8. The van der Waals surface area contributed by atoms with Gasteiger partial charge in [0.2, 0.25) is 0 Å². The van der Waals surface area contributed by atoms with E-state index in [0.29, 0.717) is 18.1 Å². The lowest BCUT2D eigenvalue weighted by molar-refractivity contribution is -0.104. The van der Waals surface area contributed by atoms with Gasteiger partial charge in [0, 0.05) is 0 Å². The predicted molar refractivity (Wildman–Crippen MR) is 73.6 cm³/mol. The summed E-state index contributed by atoms with van der Waals surface area (Å²) in [4.78, 5) is 11.1. The van der Waals surface area contributed by atoms with E-state index in [9.17, 15) is 13.6 Å². The minimum absolute atomic E-state index is 0. The number of ether oxygens (including phenoxy) is 3. The van der Waals surface area contributed by atoms with Crippen molar-refractivity contribution in [3.63, 3.8) is 0 Å². The van der Waals surface area contributed by atoms with Crippen LogP contribution in [0.5, 0.6) is 11.5 Å². The number of hydrogen-bond donors (Lipinski definition) is 1. The molecule has 1 N–H and O–H groups in total. The van der Waals surface area contributed by atoms with Gasteiger partial charge in [-0.3, -0.25) is 0 Å². The van der Waals surface area contributed by atoms with Crippen LogP contribution in [0.25, 0.3) is 0 Å². The first kappa shape index (κ1) is 17.3. The summed E-state index contributed by atoms with van der Waals surface area (Å²) < 4.78 is 42.4. The third kappa shape index (κ3) is 3.66. The van der Waals surface area contributed by atoms with Gasteiger partial charge in [0.25, 0.3) is 0 Å². The van der Waals surface area contributed by atoms with Gasteiger partial charge in [-0.05, 0) is 24.6 Å². The number of alkyl carbamates (subject to hydrolysis) is 1. The maximum absolute atomic E-state index is 13.8. The Bertz CT molecular complexity index is 513. The third-order valence-electron chi connectivity index (χ3n) is 2.90. The molecule has 21 heavy (non-hydrogen) atoms. The molecule has 1 atom stereocenters. The highest BCUT2D eigenvalue weighted by Crippen LogP contribution is 2.38. The fraction of sp³-hybridized carbons (Fsp3) is 0.462. The average molecular weight is 324 g/mol. The fourth-order valence-corrected chi connectivity index (χ4v) is 1.98. The van der Waals surface area contributed by atoms with E-state index in [-0.39, 0.29) is 18.0 Å². The number of cyclic esters (lactones) is 1. The summed E-state index contributed by atoms with van der Waals surface area (Å²) in [6, 6.07) is 2.98. The number of nitrogens with one attached hydrogen (secondary N) is 1. The van der Waals surface area contributed by atoms with Crippen molar-refractivity contribution in [2.75, 3.05) is 20.3 Å². The number of carbonyl (C=O) groups excluding carboxylic acids is 1. The second-order valence-electron chi connectivity index (χ2n) is 4.26. The molecule has 0 radical (unpaired) electrons. The Kier molecular flexibility index (Phi) is 5.60. The van der Waals surface area contributed by atoms with Gasteiger partial charge in [-0.1, -0.05) is 6.07 Å². The Morgan fingerprint density at radius 1 is 1.43 bits per heavy atom. The lowest BCUT2D eigenvalue weighted by Gasteiger charge is -2.32. The number of hydrogen-bond acceptors (Lipinski definition) is 4. The van der Waals surface area contributed by atoms with Crippen LogP contribution in [0.3, 0.4) is 0 Å². The van der Waals surface area contributed by atoms with Crippen molar-refractivity contribution in [1.82, 2.24) is 5.32 Å². The minimum atomic E-state index is -3.19. The van der Waals surface area contributed by atoms with E-state index < -0.39 is 24.7 Å². The standard InChI is InChI=1S/C13H15F2NO4.ClH/c1-3-19-10-6-8(4-5-9(10)18-2)11-13(14,15)7-20-12(17)16-11;/h4-6,11H,3,7H2,1-2H3,(H,16,17);1H/t11-;/m1./s1. The molecule has 0 aromatic heterocycles. The second kappa shape index (κ2) is 6.80. The molecule has 118 valence electrons. The average Bonchev–Trinajstić information content (AvgIpc) is 2.42. The first-order valence-electron chi connectivity index (χ1n) is 6.09. The molecular weight excluding hydrogens is 308 g/mol. The van der Waals surface area contributed by atoms with Gasteiger partial charge < -0.3 is 19.5 Å². The molecule has 0 aliphatic carbocycles. The quantitative estimate of drug-likeness (QED) is 0.925. The second-order valence-corrected chi connectivity index (χ2v) is 4.26. The topological polar surface area (TPSA) is 56.8 Å². The van der Waals surface area contributed by atoms with Gasteiger partial charge in [-0.2, -0.15) is 0 Å². The molecule has 5 nitrogen and oxygen atoms in total. The van der Waals surface area contributed by atoms with E-state index in [2.05, 4.69) is 10.1 Å². The summed E-state index contributed by atoms with van der Waals surface area (Å²) in [6.45, 7) is 1.20. The molecule has 0 unspecified atom stereocenters. The van der Waals surface area contributed by atoms with Crippen LogP contribution in [0.15, 0.2) is 18.2 Å². The Labute approximate surface area is 127 Å². The normalized spacial score (nSPS) is 19.8. The lowest BCUT2D eigenvalue weighted by Crippen LogP contribution is -2.49. The van der Waals surface area contributed by atoms with Gasteiger partial charge in [-0.15, -0.1) is 12.4 Å². The van der Waals surface area contributed by atoms with Crippen molar-refractivity contribution in [3.05, 3.63) is 23.8 Å². The molecule has 2 rings (SSSR count). The Balaban J connectivity index is 0.00000220. The van der Waals surface area contributed by atoms with Gasteiger partial charge in [0.1, 0.15) is 6.04 Å². The van der Waals surface area contributed by atoms with Gasteiger partial charge in [-0.25, -0.2) is 13.6 Å². The first-order valence-corrected chi connectivity index (χ1v) is 6.09. The van der Waals surface area contributed by atoms with Crippen LogP contribution in [-0.4, -0.2) is 32.3 Å². The third-order valence-corrected chi connectivity index (χ3v) is 2.90. The van der Waals surface area contributed by atoms with E-state index in [0.717, 1.165) is 0 Å². The van der Waals surface area contributed by atoms with Crippen LogP contribution in [0.4, 0.5) is 13.6 Å². The molecule has 1 aliphatic rings. The Morgan fingerprint density at radius 3 is 2.76 bits per heavy atom. The molecule has 1 aromatic rings. The van der Waals surface area contributed by atoms with Crippen molar-refractivity contribution in [2.45, 2.75) is 18.9 Å². The molecule has 1 heterocycles. The molecule has 0 spiro atoms. The maximum atomic E-state index is 13.8.